The maximum absolute atomic E-state index is 12.1. The van der Waals surface area contributed by atoms with Gasteiger partial charge in [0.2, 0.25) is 5.91 Å². The highest BCUT2D eigenvalue weighted by atomic mass is 32.1. The number of carbonyl (C=O) groups is 1. The number of aromatic nitrogens is 2. The summed E-state index contributed by atoms with van der Waals surface area (Å²) in [4.78, 5) is 12.1. The van der Waals surface area contributed by atoms with Crippen LogP contribution in [0.1, 0.15) is 29.0 Å². The van der Waals surface area contributed by atoms with E-state index in [1.807, 2.05) is 29.1 Å². The van der Waals surface area contributed by atoms with Crippen LogP contribution in [0.5, 0.6) is 0 Å². The molecule has 0 saturated carbocycles. The molecular formula is C17H15N3OS. The molecule has 0 spiro atoms. The predicted molar refractivity (Wildman–Crippen MR) is 87.2 cm³/mol. The third-order valence-corrected chi connectivity index (χ3v) is 4.71. The molecule has 3 aromatic rings. The van der Waals surface area contributed by atoms with Crippen molar-refractivity contribution in [2.24, 2.45) is 0 Å². The minimum absolute atomic E-state index is 0.0542. The molecule has 2 aromatic heterocycles. The van der Waals surface area contributed by atoms with E-state index in [-0.39, 0.29) is 11.8 Å². The minimum atomic E-state index is 0.0542. The molecule has 4 rings (SSSR count). The normalized spacial score (nSPS) is 17.1. The summed E-state index contributed by atoms with van der Waals surface area (Å²) in [7, 11) is 0. The van der Waals surface area contributed by atoms with Gasteiger partial charge in [-0.15, -0.1) is 0 Å². The lowest BCUT2D eigenvalue weighted by Gasteiger charge is -2.23. The van der Waals surface area contributed by atoms with E-state index >= 15 is 0 Å². The van der Waals surface area contributed by atoms with Crippen LogP contribution in [-0.2, 0) is 11.3 Å². The van der Waals surface area contributed by atoms with Crippen molar-refractivity contribution in [1.29, 1.82) is 0 Å². The summed E-state index contributed by atoms with van der Waals surface area (Å²) < 4.78 is 1.88. The molecule has 0 bridgehead atoms. The van der Waals surface area contributed by atoms with Crippen LogP contribution in [0.4, 0.5) is 5.82 Å². The molecule has 22 heavy (non-hydrogen) atoms. The number of fused-ring (bicyclic) bond motifs is 1. The van der Waals surface area contributed by atoms with Crippen molar-refractivity contribution >= 4 is 23.1 Å². The monoisotopic (exact) mass is 309 g/mol. The number of amides is 1. The summed E-state index contributed by atoms with van der Waals surface area (Å²) in [5.41, 5.74) is 3.47. The first kappa shape index (κ1) is 13.3. The fourth-order valence-corrected chi connectivity index (χ4v) is 3.63. The lowest BCUT2D eigenvalue weighted by atomic mass is 9.89. The number of benzene rings is 1. The Morgan fingerprint density at radius 1 is 1.27 bits per heavy atom. The summed E-state index contributed by atoms with van der Waals surface area (Å²) in [5, 5.41) is 11.6. The van der Waals surface area contributed by atoms with E-state index < -0.39 is 0 Å². The van der Waals surface area contributed by atoms with Gasteiger partial charge in [-0.3, -0.25) is 4.79 Å². The molecule has 0 fully saturated rings. The zero-order valence-corrected chi connectivity index (χ0v) is 12.7. The first-order valence-corrected chi connectivity index (χ1v) is 8.17. The van der Waals surface area contributed by atoms with Gasteiger partial charge in [0.15, 0.2) is 0 Å². The van der Waals surface area contributed by atoms with Crippen LogP contribution >= 0.6 is 11.3 Å². The number of hydrogen-bond acceptors (Lipinski definition) is 3. The van der Waals surface area contributed by atoms with Crippen LogP contribution in [0.3, 0.4) is 0 Å². The van der Waals surface area contributed by atoms with E-state index in [0.717, 1.165) is 11.4 Å². The third-order valence-electron chi connectivity index (χ3n) is 4.01. The number of carbonyl (C=O) groups excluding carboxylic acids is 1. The molecule has 4 nitrogen and oxygen atoms in total. The SMILES string of the molecule is O=C1C[C@H](c2ccsc2)c2cnn(Cc3ccccc3)c2N1. The molecule has 1 amide bonds. The molecule has 1 atom stereocenters. The number of hydrogen-bond donors (Lipinski definition) is 1. The van der Waals surface area contributed by atoms with Crippen LogP contribution in [0.15, 0.2) is 53.4 Å². The highest BCUT2D eigenvalue weighted by molar-refractivity contribution is 7.08. The Balaban J connectivity index is 1.71. The van der Waals surface area contributed by atoms with Gasteiger partial charge in [-0.25, -0.2) is 4.68 Å². The van der Waals surface area contributed by atoms with Crippen molar-refractivity contribution in [2.45, 2.75) is 18.9 Å². The van der Waals surface area contributed by atoms with Gasteiger partial charge < -0.3 is 5.32 Å². The van der Waals surface area contributed by atoms with Crippen LogP contribution in [0.2, 0.25) is 0 Å². The van der Waals surface area contributed by atoms with E-state index in [9.17, 15) is 4.79 Å². The fraction of sp³-hybridized carbons (Fsp3) is 0.176. The number of rotatable bonds is 3. The van der Waals surface area contributed by atoms with Gasteiger partial charge >= 0.3 is 0 Å². The quantitative estimate of drug-likeness (QED) is 0.805. The zero-order valence-electron chi connectivity index (χ0n) is 11.9. The molecule has 0 radical (unpaired) electrons. The van der Waals surface area contributed by atoms with Gasteiger partial charge in [-0.1, -0.05) is 30.3 Å². The van der Waals surface area contributed by atoms with E-state index in [0.29, 0.717) is 13.0 Å². The maximum Gasteiger partial charge on any atom is 0.226 e. The van der Waals surface area contributed by atoms with E-state index in [1.54, 1.807) is 11.3 Å². The number of thiophene rings is 1. The van der Waals surface area contributed by atoms with E-state index in [4.69, 9.17) is 0 Å². The van der Waals surface area contributed by atoms with Crippen LogP contribution in [-0.4, -0.2) is 15.7 Å². The van der Waals surface area contributed by atoms with Crippen molar-refractivity contribution in [3.8, 4) is 0 Å². The lowest BCUT2D eigenvalue weighted by molar-refractivity contribution is -0.116. The highest BCUT2D eigenvalue weighted by Crippen LogP contribution is 2.37. The molecule has 1 N–H and O–H groups in total. The molecule has 0 saturated heterocycles. The summed E-state index contributed by atoms with van der Waals surface area (Å²) in [6, 6.07) is 12.2. The molecule has 0 aliphatic carbocycles. The van der Waals surface area contributed by atoms with Crippen molar-refractivity contribution in [1.82, 2.24) is 9.78 Å². The second-order valence-corrected chi connectivity index (χ2v) is 6.23. The Kier molecular flexibility index (Phi) is 3.27. The average Bonchev–Trinajstić information content (AvgIpc) is 3.18. The second kappa shape index (κ2) is 5.42. The molecule has 1 aliphatic heterocycles. The van der Waals surface area contributed by atoms with E-state index in [1.165, 1.54) is 11.1 Å². The molecule has 110 valence electrons. The highest BCUT2D eigenvalue weighted by Gasteiger charge is 2.30. The van der Waals surface area contributed by atoms with Crippen molar-refractivity contribution in [3.05, 3.63) is 70.0 Å². The van der Waals surface area contributed by atoms with Gasteiger partial charge in [-0.05, 0) is 28.0 Å². The Labute approximate surface area is 132 Å². The van der Waals surface area contributed by atoms with Crippen molar-refractivity contribution < 1.29 is 4.79 Å². The van der Waals surface area contributed by atoms with Crippen LogP contribution in [0, 0.1) is 0 Å². The number of nitrogens with zero attached hydrogens (tertiary/aromatic N) is 2. The number of nitrogens with one attached hydrogen (secondary N) is 1. The van der Waals surface area contributed by atoms with E-state index in [2.05, 4.69) is 39.4 Å². The van der Waals surface area contributed by atoms with Gasteiger partial charge in [0.1, 0.15) is 5.82 Å². The Morgan fingerprint density at radius 3 is 2.91 bits per heavy atom. The second-order valence-electron chi connectivity index (χ2n) is 5.45. The van der Waals surface area contributed by atoms with Crippen molar-refractivity contribution in [3.63, 3.8) is 0 Å². The standard InChI is InChI=1S/C17H15N3OS/c21-16-8-14(13-6-7-22-11-13)15-9-18-20(17(15)19-16)10-12-4-2-1-3-5-12/h1-7,9,11,14H,8,10H2,(H,19,21)/t14-/m1/s1. The molecular weight excluding hydrogens is 294 g/mol. The summed E-state index contributed by atoms with van der Waals surface area (Å²) in [5.74, 6) is 0.995. The topological polar surface area (TPSA) is 46.9 Å². The molecule has 0 unspecified atom stereocenters. The lowest BCUT2D eigenvalue weighted by Crippen LogP contribution is -2.24. The largest absolute Gasteiger partial charge is 0.311 e. The van der Waals surface area contributed by atoms with Gasteiger partial charge in [0, 0.05) is 17.9 Å². The van der Waals surface area contributed by atoms with Gasteiger partial charge in [0.25, 0.3) is 0 Å². The fourth-order valence-electron chi connectivity index (χ4n) is 2.92. The Bertz CT molecular complexity index is 793. The van der Waals surface area contributed by atoms with Gasteiger partial charge in [0.05, 0.1) is 12.7 Å². The molecule has 1 aliphatic rings. The zero-order chi connectivity index (χ0) is 14.9. The maximum atomic E-state index is 12.1. The summed E-state index contributed by atoms with van der Waals surface area (Å²) in [6.45, 7) is 0.660. The summed E-state index contributed by atoms with van der Waals surface area (Å²) in [6.07, 6.45) is 2.38. The molecule has 5 heteroatoms. The smallest absolute Gasteiger partial charge is 0.226 e. The number of anilines is 1. The van der Waals surface area contributed by atoms with Crippen molar-refractivity contribution in [2.75, 3.05) is 5.32 Å². The Morgan fingerprint density at radius 2 is 2.14 bits per heavy atom. The van der Waals surface area contributed by atoms with Crippen LogP contribution < -0.4 is 5.32 Å². The molecule has 3 heterocycles. The Hall–Kier alpha value is -2.40. The van der Waals surface area contributed by atoms with Gasteiger partial charge in [-0.2, -0.15) is 16.4 Å². The summed E-state index contributed by atoms with van der Waals surface area (Å²) >= 11 is 1.66. The first-order valence-electron chi connectivity index (χ1n) is 7.23. The predicted octanol–water partition coefficient (Wildman–Crippen LogP) is 3.47. The minimum Gasteiger partial charge on any atom is -0.311 e. The molecule has 1 aromatic carbocycles. The van der Waals surface area contributed by atoms with Crippen LogP contribution in [0.25, 0.3) is 0 Å². The average molecular weight is 309 g/mol. The first-order chi connectivity index (χ1) is 10.8. The third kappa shape index (κ3) is 2.33.